The van der Waals surface area contributed by atoms with E-state index in [1.807, 2.05) is 19.1 Å². The number of aryl methyl sites for hydroxylation is 1. The number of thiazole rings is 1. The van der Waals surface area contributed by atoms with Gasteiger partial charge in [0, 0.05) is 13.1 Å². The number of carbonyl (C=O) groups is 1. The molecular weight excluding hydrogens is 238 g/mol. The lowest BCUT2D eigenvalue weighted by atomic mass is 10.4. The third kappa shape index (κ3) is 3.01. The molecule has 2 aromatic rings. The van der Waals surface area contributed by atoms with E-state index in [4.69, 9.17) is 4.74 Å². The lowest BCUT2D eigenvalue weighted by molar-refractivity contribution is -0.132. The molecule has 0 aliphatic heterocycles. The number of nitrogens with one attached hydrogen (secondary N) is 1. The van der Waals surface area contributed by atoms with Crippen molar-refractivity contribution in [3.8, 4) is 5.88 Å². The SMILES string of the molecule is CC(=O)Oc1nc(C)sc1Nc1cccnc1. The highest BCUT2D eigenvalue weighted by Crippen LogP contribution is 2.33. The van der Waals surface area contributed by atoms with Gasteiger partial charge in [-0.3, -0.25) is 9.78 Å². The number of aromatic nitrogens is 2. The highest BCUT2D eigenvalue weighted by Gasteiger charge is 2.12. The molecule has 2 aromatic heterocycles. The van der Waals surface area contributed by atoms with Gasteiger partial charge in [0.25, 0.3) is 5.88 Å². The Balaban J connectivity index is 2.23. The van der Waals surface area contributed by atoms with E-state index in [-0.39, 0.29) is 5.97 Å². The molecule has 5 nitrogen and oxygen atoms in total. The van der Waals surface area contributed by atoms with Gasteiger partial charge in [0.05, 0.1) is 16.9 Å². The zero-order valence-corrected chi connectivity index (χ0v) is 10.2. The summed E-state index contributed by atoms with van der Waals surface area (Å²) in [6, 6.07) is 3.70. The van der Waals surface area contributed by atoms with Gasteiger partial charge in [0.1, 0.15) is 0 Å². The van der Waals surface area contributed by atoms with Crippen LogP contribution in [0.5, 0.6) is 5.88 Å². The largest absolute Gasteiger partial charge is 0.404 e. The number of ether oxygens (including phenoxy) is 1. The van der Waals surface area contributed by atoms with Crippen LogP contribution >= 0.6 is 11.3 Å². The van der Waals surface area contributed by atoms with Crippen molar-refractivity contribution >= 4 is 28.0 Å². The molecule has 0 fully saturated rings. The Kier molecular flexibility index (Phi) is 3.34. The van der Waals surface area contributed by atoms with Crippen molar-refractivity contribution in [3.05, 3.63) is 29.5 Å². The van der Waals surface area contributed by atoms with Gasteiger partial charge in [0.2, 0.25) is 0 Å². The second-order valence-electron chi connectivity index (χ2n) is 3.33. The van der Waals surface area contributed by atoms with Crippen LogP contribution in [0.2, 0.25) is 0 Å². The van der Waals surface area contributed by atoms with Gasteiger partial charge in [0.15, 0.2) is 5.00 Å². The molecule has 2 heterocycles. The third-order valence-electron chi connectivity index (χ3n) is 1.86. The minimum atomic E-state index is -0.385. The number of anilines is 2. The maximum Gasteiger partial charge on any atom is 0.309 e. The predicted octanol–water partition coefficient (Wildman–Crippen LogP) is 2.52. The Hall–Kier alpha value is -1.95. The highest BCUT2D eigenvalue weighted by molar-refractivity contribution is 7.16. The van der Waals surface area contributed by atoms with Gasteiger partial charge >= 0.3 is 5.97 Å². The fourth-order valence-electron chi connectivity index (χ4n) is 1.26. The van der Waals surface area contributed by atoms with E-state index in [1.165, 1.54) is 18.3 Å². The summed E-state index contributed by atoms with van der Waals surface area (Å²) >= 11 is 1.42. The Morgan fingerprint density at radius 1 is 1.53 bits per heavy atom. The van der Waals surface area contributed by atoms with Crippen LogP contribution in [0.1, 0.15) is 11.9 Å². The molecule has 88 valence electrons. The average Bonchev–Trinajstić information content (AvgIpc) is 2.59. The summed E-state index contributed by atoms with van der Waals surface area (Å²) in [6.45, 7) is 3.20. The van der Waals surface area contributed by atoms with Gasteiger partial charge in [-0.25, -0.2) is 4.98 Å². The Labute approximate surface area is 102 Å². The van der Waals surface area contributed by atoms with Crippen LogP contribution in [-0.4, -0.2) is 15.9 Å². The number of nitrogens with zero attached hydrogens (tertiary/aromatic N) is 2. The quantitative estimate of drug-likeness (QED) is 0.847. The minimum Gasteiger partial charge on any atom is -0.404 e. The number of carbonyl (C=O) groups excluding carboxylic acids is 1. The second-order valence-corrected chi connectivity index (χ2v) is 4.53. The molecule has 0 saturated carbocycles. The first-order chi connectivity index (χ1) is 8.15. The zero-order valence-electron chi connectivity index (χ0n) is 9.43. The van der Waals surface area contributed by atoms with Gasteiger partial charge in [-0.05, 0) is 19.1 Å². The van der Waals surface area contributed by atoms with Crippen LogP contribution in [0.15, 0.2) is 24.5 Å². The Morgan fingerprint density at radius 2 is 2.35 bits per heavy atom. The van der Waals surface area contributed by atoms with Gasteiger partial charge in [-0.2, -0.15) is 0 Å². The number of hydrogen-bond donors (Lipinski definition) is 1. The Morgan fingerprint density at radius 3 is 3.00 bits per heavy atom. The summed E-state index contributed by atoms with van der Waals surface area (Å²) in [6.07, 6.45) is 3.38. The molecule has 17 heavy (non-hydrogen) atoms. The van der Waals surface area contributed by atoms with E-state index in [9.17, 15) is 4.79 Å². The van der Waals surface area contributed by atoms with E-state index < -0.39 is 0 Å². The molecule has 6 heteroatoms. The van der Waals surface area contributed by atoms with Crippen molar-refractivity contribution in [1.29, 1.82) is 0 Å². The van der Waals surface area contributed by atoms with Crippen molar-refractivity contribution in [2.75, 3.05) is 5.32 Å². The van der Waals surface area contributed by atoms with Crippen LogP contribution in [0, 0.1) is 6.92 Å². The fraction of sp³-hybridized carbons (Fsp3) is 0.182. The molecule has 0 aliphatic carbocycles. The molecule has 0 bridgehead atoms. The van der Waals surface area contributed by atoms with E-state index >= 15 is 0 Å². The smallest absolute Gasteiger partial charge is 0.309 e. The van der Waals surface area contributed by atoms with E-state index in [1.54, 1.807) is 12.4 Å². The molecule has 1 N–H and O–H groups in total. The van der Waals surface area contributed by atoms with Gasteiger partial charge in [-0.15, -0.1) is 0 Å². The lowest BCUT2D eigenvalue weighted by Gasteiger charge is -2.04. The van der Waals surface area contributed by atoms with Crippen LogP contribution < -0.4 is 10.1 Å². The minimum absolute atomic E-state index is 0.309. The number of esters is 1. The van der Waals surface area contributed by atoms with Crippen molar-refractivity contribution in [2.45, 2.75) is 13.8 Å². The molecule has 0 aliphatic rings. The normalized spacial score (nSPS) is 10.0. The van der Waals surface area contributed by atoms with Crippen molar-refractivity contribution in [3.63, 3.8) is 0 Å². The first-order valence-electron chi connectivity index (χ1n) is 4.98. The van der Waals surface area contributed by atoms with Crippen LogP contribution in [0.3, 0.4) is 0 Å². The summed E-state index contributed by atoms with van der Waals surface area (Å²) in [5.74, 6) is -0.0756. The molecule has 0 unspecified atom stereocenters. The summed E-state index contributed by atoms with van der Waals surface area (Å²) in [7, 11) is 0. The third-order valence-corrected chi connectivity index (χ3v) is 2.73. The first-order valence-corrected chi connectivity index (χ1v) is 5.79. The zero-order chi connectivity index (χ0) is 12.3. The first kappa shape index (κ1) is 11.5. The summed E-state index contributed by atoms with van der Waals surface area (Å²) < 4.78 is 5.02. The van der Waals surface area contributed by atoms with E-state index in [2.05, 4.69) is 15.3 Å². The predicted molar refractivity (Wildman–Crippen MR) is 65.7 cm³/mol. The standard InChI is InChI=1S/C11H11N3O2S/c1-7-13-10(16-8(2)15)11(17-7)14-9-4-3-5-12-6-9/h3-6,14H,1-2H3. The molecule has 2 rings (SSSR count). The average molecular weight is 249 g/mol. The van der Waals surface area contributed by atoms with Crippen LogP contribution in [0.4, 0.5) is 10.7 Å². The fourth-order valence-corrected chi connectivity index (χ4v) is 2.03. The monoisotopic (exact) mass is 249 g/mol. The van der Waals surface area contributed by atoms with E-state index in [0.717, 1.165) is 10.7 Å². The summed E-state index contributed by atoms with van der Waals surface area (Å²) in [5.41, 5.74) is 0.824. The molecule has 0 atom stereocenters. The molecular formula is C11H11N3O2S. The summed E-state index contributed by atoms with van der Waals surface area (Å²) in [5, 5.41) is 4.64. The van der Waals surface area contributed by atoms with Crippen molar-refractivity contribution in [1.82, 2.24) is 9.97 Å². The topological polar surface area (TPSA) is 64.1 Å². The van der Waals surface area contributed by atoms with Gasteiger partial charge < -0.3 is 10.1 Å². The number of pyridine rings is 1. The molecule has 0 amide bonds. The lowest BCUT2D eigenvalue weighted by Crippen LogP contribution is -2.03. The molecule has 0 radical (unpaired) electrons. The van der Waals surface area contributed by atoms with Crippen molar-refractivity contribution in [2.24, 2.45) is 0 Å². The van der Waals surface area contributed by atoms with Crippen molar-refractivity contribution < 1.29 is 9.53 Å². The molecule has 0 aromatic carbocycles. The van der Waals surface area contributed by atoms with Crippen LogP contribution in [-0.2, 0) is 4.79 Å². The summed E-state index contributed by atoms with van der Waals surface area (Å²) in [4.78, 5) is 19.1. The van der Waals surface area contributed by atoms with Gasteiger partial charge in [-0.1, -0.05) is 11.3 Å². The maximum absolute atomic E-state index is 10.9. The van der Waals surface area contributed by atoms with Crippen LogP contribution in [0.25, 0.3) is 0 Å². The number of rotatable bonds is 3. The number of hydrogen-bond acceptors (Lipinski definition) is 6. The maximum atomic E-state index is 10.9. The molecule has 0 saturated heterocycles. The Bertz CT molecular complexity index is 525. The highest BCUT2D eigenvalue weighted by atomic mass is 32.1. The van der Waals surface area contributed by atoms with E-state index in [0.29, 0.717) is 10.9 Å². The molecule has 0 spiro atoms. The second kappa shape index (κ2) is 4.92.